The molecule has 20 heavy (non-hydrogen) atoms. The number of aliphatic carboxylic acids is 1. The van der Waals surface area contributed by atoms with Gasteiger partial charge in [0, 0.05) is 13.1 Å². The zero-order valence-electron chi connectivity index (χ0n) is 10.9. The van der Waals surface area contributed by atoms with Gasteiger partial charge in [-0.1, -0.05) is 12.2 Å². The van der Waals surface area contributed by atoms with Gasteiger partial charge in [0.1, 0.15) is 13.1 Å². The Balaban J connectivity index is 1.85. The van der Waals surface area contributed by atoms with E-state index in [1.54, 1.807) is 6.08 Å². The number of likely N-dealkylation sites (N-methyl/N-ethyl adjacent to an activating group) is 1. The standard InChI is InChI=1S/C12H15N3O5/c1-14-6-10(17)15(12(14)20)5-9(16)13-8-3-2-7(4-8)11(18)19/h2-3,7-8H,4-6H2,1H3,(H,13,16)(H,18,19). The van der Waals surface area contributed by atoms with Crippen LogP contribution in [0.4, 0.5) is 4.79 Å². The second-order valence-corrected chi connectivity index (χ2v) is 4.86. The number of urea groups is 1. The minimum atomic E-state index is -0.940. The Hall–Kier alpha value is -2.38. The SMILES string of the molecule is CN1CC(=O)N(CC(=O)NC2C=CC(C(=O)O)C2)C1=O. The first-order chi connectivity index (χ1) is 9.38. The van der Waals surface area contributed by atoms with E-state index in [2.05, 4.69) is 5.32 Å². The highest BCUT2D eigenvalue weighted by Crippen LogP contribution is 2.18. The van der Waals surface area contributed by atoms with E-state index in [1.807, 2.05) is 0 Å². The van der Waals surface area contributed by atoms with Crippen molar-refractivity contribution in [1.82, 2.24) is 15.1 Å². The largest absolute Gasteiger partial charge is 0.481 e. The first-order valence-corrected chi connectivity index (χ1v) is 6.14. The van der Waals surface area contributed by atoms with E-state index < -0.39 is 29.7 Å². The predicted molar refractivity (Wildman–Crippen MR) is 66.6 cm³/mol. The van der Waals surface area contributed by atoms with Crippen molar-refractivity contribution >= 4 is 23.8 Å². The van der Waals surface area contributed by atoms with E-state index in [-0.39, 0.29) is 25.6 Å². The van der Waals surface area contributed by atoms with Crippen molar-refractivity contribution < 1.29 is 24.3 Å². The van der Waals surface area contributed by atoms with E-state index in [4.69, 9.17) is 5.11 Å². The van der Waals surface area contributed by atoms with Crippen molar-refractivity contribution in [2.24, 2.45) is 5.92 Å². The molecule has 108 valence electrons. The number of hydrogen-bond acceptors (Lipinski definition) is 4. The number of amides is 4. The van der Waals surface area contributed by atoms with Gasteiger partial charge in [-0.3, -0.25) is 19.3 Å². The zero-order chi connectivity index (χ0) is 14.9. The average molecular weight is 281 g/mol. The molecule has 1 fully saturated rings. The van der Waals surface area contributed by atoms with E-state index in [9.17, 15) is 19.2 Å². The third kappa shape index (κ3) is 2.79. The molecule has 1 aliphatic carbocycles. The Labute approximate surface area is 115 Å². The maximum atomic E-state index is 11.8. The van der Waals surface area contributed by atoms with Gasteiger partial charge in [0.05, 0.1) is 5.92 Å². The number of rotatable bonds is 4. The fourth-order valence-electron chi connectivity index (χ4n) is 2.21. The van der Waals surface area contributed by atoms with Crippen LogP contribution in [0.5, 0.6) is 0 Å². The maximum absolute atomic E-state index is 11.8. The van der Waals surface area contributed by atoms with Gasteiger partial charge in [-0.25, -0.2) is 4.79 Å². The highest BCUT2D eigenvalue weighted by atomic mass is 16.4. The number of hydrogen-bond donors (Lipinski definition) is 2. The van der Waals surface area contributed by atoms with Crippen LogP contribution in [0.2, 0.25) is 0 Å². The number of nitrogens with one attached hydrogen (secondary N) is 1. The Morgan fingerprint density at radius 3 is 2.60 bits per heavy atom. The number of carbonyl (C=O) groups is 4. The van der Waals surface area contributed by atoms with Gasteiger partial charge in [-0.15, -0.1) is 0 Å². The van der Waals surface area contributed by atoms with Gasteiger partial charge in [0.15, 0.2) is 0 Å². The number of imide groups is 1. The van der Waals surface area contributed by atoms with Gasteiger partial charge >= 0.3 is 12.0 Å². The van der Waals surface area contributed by atoms with Crippen molar-refractivity contribution in [2.45, 2.75) is 12.5 Å². The average Bonchev–Trinajstić information content (AvgIpc) is 2.91. The lowest BCUT2D eigenvalue weighted by molar-refractivity contribution is -0.140. The summed E-state index contributed by atoms with van der Waals surface area (Å²) in [7, 11) is 1.48. The number of nitrogens with zero attached hydrogens (tertiary/aromatic N) is 2. The van der Waals surface area contributed by atoms with Crippen molar-refractivity contribution in [1.29, 1.82) is 0 Å². The maximum Gasteiger partial charge on any atom is 0.327 e. The molecular formula is C12H15N3O5. The quantitative estimate of drug-likeness (QED) is 0.509. The molecule has 0 aromatic heterocycles. The van der Waals surface area contributed by atoms with E-state index >= 15 is 0 Å². The van der Waals surface area contributed by atoms with Gasteiger partial charge in [-0.05, 0) is 6.42 Å². The Morgan fingerprint density at radius 2 is 2.10 bits per heavy atom. The van der Waals surface area contributed by atoms with Crippen LogP contribution in [0.15, 0.2) is 12.2 Å². The molecule has 0 aromatic carbocycles. The summed E-state index contributed by atoms with van der Waals surface area (Å²) in [5.41, 5.74) is 0. The molecule has 0 saturated carbocycles. The fraction of sp³-hybridized carbons (Fsp3) is 0.500. The first-order valence-electron chi connectivity index (χ1n) is 6.14. The summed E-state index contributed by atoms with van der Waals surface area (Å²) >= 11 is 0. The summed E-state index contributed by atoms with van der Waals surface area (Å²) < 4.78 is 0. The minimum absolute atomic E-state index is 0.0312. The molecule has 1 heterocycles. The Kier molecular flexibility index (Phi) is 3.73. The predicted octanol–water partition coefficient (Wildman–Crippen LogP) is -0.974. The summed E-state index contributed by atoms with van der Waals surface area (Å²) in [6, 6.07) is -0.885. The van der Waals surface area contributed by atoms with Gasteiger partial charge < -0.3 is 15.3 Å². The fourth-order valence-corrected chi connectivity index (χ4v) is 2.21. The lowest BCUT2D eigenvalue weighted by Crippen LogP contribution is -2.43. The molecule has 1 saturated heterocycles. The molecule has 0 radical (unpaired) electrons. The molecule has 2 unspecified atom stereocenters. The molecule has 4 amide bonds. The Morgan fingerprint density at radius 1 is 1.40 bits per heavy atom. The van der Waals surface area contributed by atoms with Gasteiger partial charge in [0.25, 0.3) is 5.91 Å². The van der Waals surface area contributed by atoms with Crippen molar-refractivity contribution in [3.63, 3.8) is 0 Å². The summed E-state index contributed by atoms with van der Waals surface area (Å²) in [6.45, 7) is -0.374. The molecule has 8 nitrogen and oxygen atoms in total. The summed E-state index contributed by atoms with van der Waals surface area (Å²) in [6.07, 6.45) is 3.41. The molecule has 2 aliphatic rings. The summed E-state index contributed by atoms with van der Waals surface area (Å²) in [5, 5.41) is 11.4. The second-order valence-electron chi connectivity index (χ2n) is 4.86. The molecular weight excluding hydrogens is 266 g/mol. The molecule has 0 bridgehead atoms. The normalized spacial score (nSPS) is 25.4. The molecule has 0 aromatic rings. The Bertz CT molecular complexity index is 501. The van der Waals surface area contributed by atoms with Crippen LogP contribution in [-0.4, -0.2) is 64.9 Å². The van der Waals surface area contributed by atoms with Crippen LogP contribution in [0.3, 0.4) is 0 Å². The van der Waals surface area contributed by atoms with Crippen LogP contribution in [-0.2, 0) is 14.4 Å². The topological polar surface area (TPSA) is 107 Å². The third-order valence-corrected chi connectivity index (χ3v) is 3.28. The zero-order valence-corrected chi connectivity index (χ0v) is 10.9. The van der Waals surface area contributed by atoms with Crippen molar-refractivity contribution in [3.8, 4) is 0 Å². The lowest BCUT2D eigenvalue weighted by Gasteiger charge is -2.16. The highest BCUT2D eigenvalue weighted by molar-refractivity contribution is 6.04. The second kappa shape index (κ2) is 5.32. The lowest BCUT2D eigenvalue weighted by atomic mass is 10.1. The number of carbonyl (C=O) groups excluding carboxylic acids is 3. The third-order valence-electron chi connectivity index (χ3n) is 3.28. The van der Waals surface area contributed by atoms with E-state index in [0.29, 0.717) is 0 Å². The molecule has 2 rings (SSSR count). The van der Waals surface area contributed by atoms with E-state index in [1.165, 1.54) is 18.0 Å². The molecule has 0 spiro atoms. The van der Waals surface area contributed by atoms with Crippen molar-refractivity contribution in [3.05, 3.63) is 12.2 Å². The van der Waals surface area contributed by atoms with Gasteiger partial charge in [0.2, 0.25) is 5.91 Å². The summed E-state index contributed by atoms with van der Waals surface area (Å²) in [4.78, 5) is 47.7. The highest BCUT2D eigenvalue weighted by Gasteiger charge is 2.35. The minimum Gasteiger partial charge on any atom is -0.481 e. The number of carboxylic acids is 1. The van der Waals surface area contributed by atoms with Crippen LogP contribution >= 0.6 is 0 Å². The molecule has 2 atom stereocenters. The molecule has 1 aliphatic heterocycles. The van der Waals surface area contributed by atoms with Gasteiger partial charge in [-0.2, -0.15) is 0 Å². The van der Waals surface area contributed by atoms with Crippen LogP contribution in [0.25, 0.3) is 0 Å². The van der Waals surface area contributed by atoms with E-state index in [0.717, 1.165) is 4.90 Å². The number of carboxylic acid groups (broad SMARTS) is 1. The van der Waals surface area contributed by atoms with Crippen molar-refractivity contribution in [2.75, 3.05) is 20.1 Å². The smallest absolute Gasteiger partial charge is 0.327 e. The molecule has 8 heteroatoms. The summed E-state index contributed by atoms with van der Waals surface area (Å²) in [5.74, 6) is -2.45. The first kappa shape index (κ1) is 14.0. The van der Waals surface area contributed by atoms with Crippen LogP contribution in [0.1, 0.15) is 6.42 Å². The van der Waals surface area contributed by atoms with Crippen LogP contribution < -0.4 is 5.32 Å². The molecule has 2 N–H and O–H groups in total. The monoisotopic (exact) mass is 281 g/mol. The van der Waals surface area contributed by atoms with Crippen LogP contribution in [0, 0.1) is 5.92 Å².